The quantitative estimate of drug-likeness (QED) is 0.922. The first-order valence-corrected chi connectivity index (χ1v) is 6.51. The minimum absolute atomic E-state index is 0.000669. The van der Waals surface area contributed by atoms with E-state index >= 15 is 0 Å². The van der Waals surface area contributed by atoms with Crippen LogP contribution in [-0.2, 0) is 10.9 Å². The van der Waals surface area contributed by atoms with Crippen LogP contribution < -0.4 is 4.90 Å². The van der Waals surface area contributed by atoms with E-state index in [0.717, 1.165) is 25.1 Å². The van der Waals surface area contributed by atoms with E-state index in [1.807, 2.05) is 4.90 Å². The Morgan fingerprint density at radius 3 is 2.50 bits per heavy atom. The van der Waals surface area contributed by atoms with Crippen molar-refractivity contribution in [2.24, 2.45) is 0 Å². The molecule has 1 aromatic rings. The first kappa shape index (κ1) is 15.1. The van der Waals surface area contributed by atoms with Crippen LogP contribution in [0.5, 0.6) is 0 Å². The fourth-order valence-corrected chi connectivity index (χ4v) is 2.21. The summed E-state index contributed by atoms with van der Waals surface area (Å²) in [6.07, 6.45) is -1.82. The van der Waals surface area contributed by atoms with Crippen molar-refractivity contribution in [2.75, 3.05) is 31.2 Å². The lowest BCUT2D eigenvalue weighted by Gasteiger charge is -2.32. The topological polar surface area (TPSA) is 45.6 Å². The summed E-state index contributed by atoms with van der Waals surface area (Å²) < 4.78 is 42.8. The molecule has 0 aromatic carbocycles. The Morgan fingerprint density at radius 1 is 1.30 bits per heavy atom. The van der Waals surface area contributed by atoms with Crippen LogP contribution in [0, 0.1) is 0 Å². The Hall–Kier alpha value is -1.34. The number of piperidine rings is 1. The lowest BCUT2D eigenvalue weighted by Crippen LogP contribution is -2.37. The van der Waals surface area contributed by atoms with Gasteiger partial charge in [0.25, 0.3) is 0 Å². The van der Waals surface area contributed by atoms with Gasteiger partial charge in [-0.05, 0) is 25.0 Å². The number of anilines is 1. The zero-order valence-electron chi connectivity index (χ0n) is 10.9. The van der Waals surface area contributed by atoms with Crippen molar-refractivity contribution in [3.63, 3.8) is 0 Å². The number of ether oxygens (including phenoxy) is 1. The second-order valence-corrected chi connectivity index (χ2v) is 4.68. The number of pyridine rings is 1. The van der Waals surface area contributed by atoms with E-state index in [1.54, 1.807) is 0 Å². The van der Waals surface area contributed by atoms with Gasteiger partial charge in [0.2, 0.25) is 0 Å². The van der Waals surface area contributed by atoms with Gasteiger partial charge in [0.15, 0.2) is 0 Å². The fourth-order valence-electron chi connectivity index (χ4n) is 2.21. The van der Waals surface area contributed by atoms with Crippen molar-refractivity contribution in [1.29, 1.82) is 0 Å². The number of aliphatic hydroxyl groups is 1. The van der Waals surface area contributed by atoms with Crippen molar-refractivity contribution >= 4 is 5.82 Å². The molecule has 4 nitrogen and oxygen atoms in total. The monoisotopic (exact) mass is 290 g/mol. The van der Waals surface area contributed by atoms with Crippen molar-refractivity contribution < 1.29 is 23.0 Å². The molecule has 7 heteroatoms. The lowest BCUT2D eigenvalue weighted by atomic mass is 10.1. The zero-order chi connectivity index (χ0) is 14.6. The highest BCUT2D eigenvalue weighted by atomic mass is 19.4. The lowest BCUT2D eigenvalue weighted by molar-refractivity contribution is -0.137. The molecule has 2 heterocycles. The van der Waals surface area contributed by atoms with Gasteiger partial charge >= 0.3 is 6.18 Å². The van der Waals surface area contributed by atoms with Gasteiger partial charge in [-0.15, -0.1) is 0 Å². The van der Waals surface area contributed by atoms with E-state index in [1.165, 1.54) is 6.07 Å². The molecule has 1 aliphatic heterocycles. The minimum Gasteiger partial charge on any atom is -0.394 e. The summed E-state index contributed by atoms with van der Waals surface area (Å²) in [5, 5.41) is 8.68. The maximum absolute atomic E-state index is 12.4. The molecule has 0 saturated carbocycles. The molecule has 0 spiro atoms. The molecule has 1 aliphatic rings. The number of alkyl halides is 3. The van der Waals surface area contributed by atoms with E-state index in [9.17, 15) is 13.2 Å². The average molecular weight is 290 g/mol. The maximum atomic E-state index is 12.4. The Balaban J connectivity index is 1.90. The number of aliphatic hydroxyl groups excluding tert-OH is 1. The first-order chi connectivity index (χ1) is 9.50. The molecule has 1 aromatic heterocycles. The van der Waals surface area contributed by atoms with Crippen LogP contribution in [0.3, 0.4) is 0 Å². The van der Waals surface area contributed by atoms with E-state index < -0.39 is 11.7 Å². The Kier molecular flexibility index (Phi) is 4.82. The molecule has 0 aliphatic carbocycles. The van der Waals surface area contributed by atoms with Crippen molar-refractivity contribution in [3.05, 3.63) is 23.9 Å². The van der Waals surface area contributed by atoms with Crippen LogP contribution in [0.2, 0.25) is 0 Å². The van der Waals surface area contributed by atoms with Crippen molar-refractivity contribution in [3.8, 4) is 0 Å². The molecule has 0 unspecified atom stereocenters. The van der Waals surface area contributed by atoms with Gasteiger partial charge < -0.3 is 14.7 Å². The highest BCUT2D eigenvalue weighted by Gasteiger charge is 2.31. The third-order valence-corrected chi connectivity index (χ3v) is 3.29. The summed E-state index contributed by atoms with van der Waals surface area (Å²) in [4.78, 5) is 5.82. The molecule has 112 valence electrons. The molecule has 1 saturated heterocycles. The standard InChI is InChI=1S/C13H17F3N2O2/c14-13(15,16)10-1-2-12(17-9-10)18-5-3-11(4-6-18)20-8-7-19/h1-2,9,11,19H,3-8H2. The minimum atomic E-state index is -4.35. The van der Waals surface area contributed by atoms with Crippen LogP contribution in [0.25, 0.3) is 0 Å². The van der Waals surface area contributed by atoms with Crippen molar-refractivity contribution in [2.45, 2.75) is 25.1 Å². The van der Waals surface area contributed by atoms with Gasteiger partial charge in [0, 0.05) is 19.3 Å². The second kappa shape index (κ2) is 6.41. The third-order valence-electron chi connectivity index (χ3n) is 3.29. The summed E-state index contributed by atoms with van der Waals surface area (Å²) in [7, 11) is 0. The van der Waals surface area contributed by atoms with Gasteiger partial charge in [-0.2, -0.15) is 13.2 Å². The molecule has 2 rings (SSSR count). The van der Waals surface area contributed by atoms with Gasteiger partial charge in [0.05, 0.1) is 24.9 Å². The SMILES string of the molecule is OCCOC1CCN(c2ccc(C(F)(F)F)cn2)CC1. The molecule has 1 fully saturated rings. The third kappa shape index (κ3) is 3.83. The number of hydrogen-bond donors (Lipinski definition) is 1. The Bertz CT molecular complexity index is 415. The number of hydrogen-bond acceptors (Lipinski definition) is 4. The summed E-state index contributed by atoms with van der Waals surface area (Å²) in [5.41, 5.74) is -0.734. The number of aromatic nitrogens is 1. The Labute approximate surface area is 115 Å². The number of halogens is 3. The van der Waals surface area contributed by atoms with Crippen LogP contribution in [0.1, 0.15) is 18.4 Å². The molecule has 0 bridgehead atoms. The van der Waals surface area contributed by atoms with Crippen molar-refractivity contribution in [1.82, 2.24) is 4.98 Å². The highest BCUT2D eigenvalue weighted by molar-refractivity contribution is 5.40. The van der Waals surface area contributed by atoms with Crippen LogP contribution in [0.4, 0.5) is 19.0 Å². The van der Waals surface area contributed by atoms with Gasteiger partial charge in [-0.3, -0.25) is 0 Å². The largest absolute Gasteiger partial charge is 0.417 e. The predicted molar refractivity (Wildman–Crippen MR) is 67.5 cm³/mol. The maximum Gasteiger partial charge on any atom is 0.417 e. The molecule has 0 atom stereocenters. The summed E-state index contributed by atoms with van der Waals surface area (Å²) in [6.45, 7) is 1.70. The second-order valence-electron chi connectivity index (χ2n) is 4.68. The molecule has 1 N–H and O–H groups in total. The smallest absolute Gasteiger partial charge is 0.394 e. The predicted octanol–water partition coefficient (Wildman–Crippen LogP) is 2.08. The van der Waals surface area contributed by atoms with Gasteiger partial charge in [-0.25, -0.2) is 4.98 Å². The van der Waals surface area contributed by atoms with E-state index in [-0.39, 0.29) is 12.7 Å². The number of nitrogens with zero attached hydrogens (tertiary/aromatic N) is 2. The summed E-state index contributed by atoms with van der Waals surface area (Å²) >= 11 is 0. The first-order valence-electron chi connectivity index (χ1n) is 6.51. The normalized spacial score (nSPS) is 17.5. The van der Waals surface area contributed by atoms with Gasteiger partial charge in [0.1, 0.15) is 5.82 Å². The van der Waals surface area contributed by atoms with Crippen LogP contribution in [0.15, 0.2) is 18.3 Å². The zero-order valence-corrected chi connectivity index (χ0v) is 10.9. The van der Waals surface area contributed by atoms with Crippen LogP contribution >= 0.6 is 0 Å². The molecular formula is C13H17F3N2O2. The molecule has 0 amide bonds. The average Bonchev–Trinajstić information content (AvgIpc) is 2.45. The van der Waals surface area contributed by atoms with E-state index in [2.05, 4.69) is 4.98 Å². The van der Waals surface area contributed by atoms with E-state index in [4.69, 9.17) is 9.84 Å². The summed E-state index contributed by atoms with van der Waals surface area (Å²) in [6, 6.07) is 2.45. The molecule has 0 radical (unpaired) electrons. The number of rotatable bonds is 4. The van der Waals surface area contributed by atoms with Gasteiger partial charge in [-0.1, -0.05) is 0 Å². The van der Waals surface area contributed by atoms with E-state index in [0.29, 0.717) is 25.5 Å². The summed E-state index contributed by atoms with van der Waals surface area (Å²) in [5.74, 6) is 0.554. The fraction of sp³-hybridized carbons (Fsp3) is 0.615. The van der Waals surface area contributed by atoms with Crippen LogP contribution in [-0.4, -0.2) is 42.5 Å². The Morgan fingerprint density at radius 2 is 2.00 bits per heavy atom. The molecule has 20 heavy (non-hydrogen) atoms. The molecular weight excluding hydrogens is 273 g/mol. The highest BCUT2D eigenvalue weighted by Crippen LogP contribution is 2.29.